The normalized spacial score (nSPS) is 11.3. The van der Waals surface area contributed by atoms with Gasteiger partial charge in [0.25, 0.3) is 5.91 Å². The quantitative estimate of drug-likeness (QED) is 0.617. The summed E-state index contributed by atoms with van der Waals surface area (Å²) < 4.78 is 32.4. The minimum Gasteiger partial charge on any atom is -0.483 e. The number of benzene rings is 2. The number of rotatable bonds is 8. The van der Waals surface area contributed by atoms with Crippen LogP contribution in [0.1, 0.15) is 29.8 Å². The van der Waals surface area contributed by atoms with E-state index in [2.05, 4.69) is 10.0 Å². The summed E-state index contributed by atoms with van der Waals surface area (Å²) in [6, 6.07) is 10.3. The summed E-state index contributed by atoms with van der Waals surface area (Å²) in [4.78, 5) is 23.2. The van der Waals surface area contributed by atoms with Crippen molar-refractivity contribution in [1.29, 1.82) is 0 Å². The molecule has 0 saturated heterocycles. The van der Waals surface area contributed by atoms with Crippen molar-refractivity contribution < 1.29 is 22.7 Å². The number of carbonyl (C=O) groups excluding carboxylic acids is 2. The zero-order valence-electron chi connectivity index (χ0n) is 15.9. The molecule has 0 atom stereocenters. The average molecular weight is 405 g/mol. The van der Waals surface area contributed by atoms with E-state index in [0.29, 0.717) is 22.6 Å². The Kier molecular flexibility index (Phi) is 6.76. The highest BCUT2D eigenvalue weighted by atomic mass is 32.2. The van der Waals surface area contributed by atoms with Gasteiger partial charge < -0.3 is 15.8 Å². The molecule has 0 spiro atoms. The molecule has 2 aromatic rings. The van der Waals surface area contributed by atoms with Gasteiger partial charge in [0.05, 0.1) is 4.90 Å². The number of amides is 2. The Morgan fingerprint density at radius 2 is 1.75 bits per heavy atom. The van der Waals surface area contributed by atoms with Crippen molar-refractivity contribution in [2.24, 2.45) is 5.73 Å². The maximum Gasteiger partial charge on any atom is 0.262 e. The molecule has 0 aromatic heterocycles. The van der Waals surface area contributed by atoms with E-state index in [9.17, 15) is 18.0 Å². The van der Waals surface area contributed by atoms with Crippen LogP contribution in [0.4, 0.5) is 5.69 Å². The van der Waals surface area contributed by atoms with Gasteiger partial charge in [-0.05, 0) is 68.8 Å². The van der Waals surface area contributed by atoms with Gasteiger partial charge in [0, 0.05) is 17.3 Å². The fourth-order valence-corrected chi connectivity index (χ4v) is 3.72. The Morgan fingerprint density at radius 1 is 1.11 bits per heavy atom. The van der Waals surface area contributed by atoms with E-state index < -0.39 is 21.8 Å². The zero-order chi connectivity index (χ0) is 20.9. The van der Waals surface area contributed by atoms with Crippen LogP contribution >= 0.6 is 0 Å². The summed E-state index contributed by atoms with van der Waals surface area (Å²) in [6.07, 6.45) is 0. The number of sulfonamides is 1. The molecule has 8 nitrogen and oxygen atoms in total. The predicted molar refractivity (Wildman–Crippen MR) is 106 cm³/mol. The molecular formula is C19H23N3O5S. The molecule has 0 radical (unpaired) electrons. The summed E-state index contributed by atoms with van der Waals surface area (Å²) in [7, 11) is -3.60. The van der Waals surface area contributed by atoms with E-state index >= 15 is 0 Å². The van der Waals surface area contributed by atoms with Gasteiger partial charge in [-0.3, -0.25) is 9.59 Å². The fraction of sp³-hybridized carbons (Fsp3) is 0.263. The van der Waals surface area contributed by atoms with Gasteiger partial charge in [0.1, 0.15) is 5.75 Å². The lowest BCUT2D eigenvalue weighted by Crippen LogP contribution is -2.30. The summed E-state index contributed by atoms with van der Waals surface area (Å²) in [6.45, 7) is 4.92. The van der Waals surface area contributed by atoms with Crippen molar-refractivity contribution in [1.82, 2.24) is 4.72 Å². The number of primary amides is 1. The SMILES string of the molecule is Cc1cc(S(=O)(=O)NC(C)C)ccc1OCC(=O)Nc1ccc(C(N)=O)cc1. The van der Waals surface area contributed by atoms with Gasteiger partial charge in [-0.25, -0.2) is 13.1 Å². The Bertz CT molecular complexity index is 970. The maximum atomic E-state index is 12.2. The topological polar surface area (TPSA) is 128 Å². The number of ether oxygens (including phenoxy) is 1. The number of carbonyl (C=O) groups is 2. The third kappa shape index (κ3) is 5.80. The highest BCUT2D eigenvalue weighted by molar-refractivity contribution is 7.89. The summed E-state index contributed by atoms with van der Waals surface area (Å²) >= 11 is 0. The van der Waals surface area contributed by atoms with Crippen LogP contribution in [0.2, 0.25) is 0 Å². The fourth-order valence-electron chi connectivity index (χ4n) is 2.39. The van der Waals surface area contributed by atoms with Crippen LogP contribution in [0.25, 0.3) is 0 Å². The minimum absolute atomic E-state index is 0.130. The highest BCUT2D eigenvalue weighted by Crippen LogP contribution is 2.22. The van der Waals surface area contributed by atoms with Gasteiger partial charge in [-0.15, -0.1) is 0 Å². The molecule has 0 aliphatic rings. The van der Waals surface area contributed by atoms with Crippen LogP contribution in [0, 0.1) is 6.92 Å². The van der Waals surface area contributed by atoms with E-state index in [-0.39, 0.29) is 17.5 Å². The smallest absolute Gasteiger partial charge is 0.262 e. The van der Waals surface area contributed by atoms with Crippen molar-refractivity contribution in [2.45, 2.75) is 31.7 Å². The van der Waals surface area contributed by atoms with Crippen molar-refractivity contribution in [3.63, 3.8) is 0 Å². The third-order valence-electron chi connectivity index (χ3n) is 3.66. The first kappa shape index (κ1) is 21.4. The minimum atomic E-state index is -3.60. The van der Waals surface area contributed by atoms with Gasteiger partial charge in [0.2, 0.25) is 15.9 Å². The molecule has 0 unspecified atom stereocenters. The predicted octanol–water partition coefficient (Wildman–Crippen LogP) is 1.80. The summed E-state index contributed by atoms with van der Waals surface area (Å²) in [5.74, 6) is -0.544. The lowest BCUT2D eigenvalue weighted by molar-refractivity contribution is -0.118. The lowest BCUT2D eigenvalue weighted by atomic mass is 10.2. The number of aryl methyl sites for hydroxylation is 1. The van der Waals surface area contributed by atoms with Crippen molar-refractivity contribution in [2.75, 3.05) is 11.9 Å². The Balaban J connectivity index is 1.98. The van der Waals surface area contributed by atoms with E-state index in [1.807, 2.05) is 0 Å². The van der Waals surface area contributed by atoms with Crippen molar-refractivity contribution in [3.8, 4) is 5.75 Å². The molecule has 0 bridgehead atoms. The molecule has 28 heavy (non-hydrogen) atoms. The number of anilines is 1. The van der Waals surface area contributed by atoms with Crippen LogP contribution in [0.3, 0.4) is 0 Å². The molecule has 0 fully saturated rings. The molecule has 9 heteroatoms. The molecule has 2 rings (SSSR count). The van der Waals surface area contributed by atoms with E-state index in [1.165, 1.54) is 30.3 Å². The molecule has 2 aromatic carbocycles. The van der Waals surface area contributed by atoms with Gasteiger partial charge in [0.15, 0.2) is 6.61 Å². The van der Waals surface area contributed by atoms with Crippen LogP contribution in [-0.4, -0.2) is 32.9 Å². The lowest BCUT2D eigenvalue weighted by Gasteiger charge is -2.13. The number of nitrogens with one attached hydrogen (secondary N) is 2. The van der Waals surface area contributed by atoms with E-state index in [0.717, 1.165) is 0 Å². The van der Waals surface area contributed by atoms with Crippen LogP contribution < -0.4 is 20.5 Å². The first-order valence-electron chi connectivity index (χ1n) is 8.54. The molecule has 0 aliphatic carbocycles. The third-order valence-corrected chi connectivity index (χ3v) is 5.32. The monoisotopic (exact) mass is 405 g/mol. The van der Waals surface area contributed by atoms with Gasteiger partial charge in [-0.1, -0.05) is 0 Å². The van der Waals surface area contributed by atoms with Gasteiger partial charge in [-0.2, -0.15) is 0 Å². The molecular weight excluding hydrogens is 382 g/mol. The van der Waals surface area contributed by atoms with Gasteiger partial charge >= 0.3 is 0 Å². The Morgan fingerprint density at radius 3 is 2.29 bits per heavy atom. The van der Waals surface area contributed by atoms with E-state index in [1.54, 1.807) is 32.9 Å². The maximum absolute atomic E-state index is 12.2. The molecule has 0 saturated carbocycles. The van der Waals surface area contributed by atoms with Crippen LogP contribution in [0.5, 0.6) is 5.75 Å². The first-order chi connectivity index (χ1) is 13.1. The number of hydrogen-bond acceptors (Lipinski definition) is 5. The molecule has 150 valence electrons. The Labute approximate surface area is 164 Å². The largest absolute Gasteiger partial charge is 0.483 e. The molecule has 0 heterocycles. The summed E-state index contributed by atoms with van der Waals surface area (Å²) in [5, 5.41) is 2.63. The van der Waals surface area contributed by atoms with E-state index in [4.69, 9.17) is 10.5 Å². The molecule has 2 amide bonds. The highest BCUT2D eigenvalue weighted by Gasteiger charge is 2.17. The van der Waals surface area contributed by atoms with Crippen molar-refractivity contribution >= 4 is 27.5 Å². The number of hydrogen-bond donors (Lipinski definition) is 3. The second kappa shape index (κ2) is 8.85. The molecule has 4 N–H and O–H groups in total. The standard InChI is InChI=1S/C19H23N3O5S/c1-12(2)22-28(25,26)16-8-9-17(13(3)10-16)27-11-18(23)21-15-6-4-14(5-7-15)19(20)24/h4-10,12,22H,11H2,1-3H3,(H2,20,24)(H,21,23). The van der Waals surface area contributed by atoms with Crippen molar-refractivity contribution in [3.05, 3.63) is 53.6 Å². The molecule has 0 aliphatic heterocycles. The summed E-state index contributed by atoms with van der Waals surface area (Å²) in [5.41, 5.74) is 6.59. The van der Waals surface area contributed by atoms with Crippen LogP contribution in [0.15, 0.2) is 47.4 Å². The second-order valence-electron chi connectivity index (χ2n) is 6.48. The average Bonchev–Trinajstić information content (AvgIpc) is 2.60. The zero-order valence-corrected chi connectivity index (χ0v) is 16.7. The van der Waals surface area contributed by atoms with Crippen LogP contribution in [-0.2, 0) is 14.8 Å². The Hall–Kier alpha value is -2.91. The second-order valence-corrected chi connectivity index (χ2v) is 8.20. The first-order valence-corrected chi connectivity index (χ1v) is 10.0. The number of nitrogens with two attached hydrogens (primary N) is 1.